The highest BCUT2D eigenvalue weighted by atomic mass is 16.6. The molecule has 0 aromatic rings. The van der Waals surface area contributed by atoms with Gasteiger partial charge in [0.05, 0.1) is 5.92 Å². The molecular weight excluding hydrogens is 188 g/mol. The Morgan fingerprint density at radius 3 is 1.87 bits per heavy atom. The molecule has 15 heavy (non-hydrogen) atoms. The Hall–Kier alpha value is -0.530. The van der Waals surface area contributed by atoms with Crippen LogP contribution in [0.5, 0.6) is 0 Å². The van der Waals surface area contributed by atoms with E-state index in [4.69, 9.17) is 4.74 Å². The van der Waals surface area contributed by atoms with Crippen molar-refractivity contribution in [2.75, 3.05) is 0 Å². The lowest BCUT2D eigenvalue weighted by Gasteiger charge is -2.27. The summed E-state index contributed by atoms with van der Waals surface area (Å²) in [7, 11) is 0. The Morgan fingerprint density at radius 2 is 1.60 bits per heavy atom. The zero-order valence-corrected chi connectivity index (χ0v) is 11.3. The van der Waals surface area contributed by atoms with Crippen LogP contribution in [-0.2, 0) is 9.53 Å². The van der Waals surface area contributed by atoms with Crippen molar-refractivity contribution in [2.24, 2.45) is 11.3 Å². The van der Waals surface area contributed by atoms with Gasteiger partial charge in [0.15, 0.2) is 0 Å². The zero-order valence-electron chi connectivity index (χ0n) is 11.3. The first-order valence-electron chi connectivity index (χ1n) is 5.78. The smallest absolute Gasteiger partial charge is 0.309 e. The molecule has 90 valence electrons. The molecule has 0 spiro atoms. The minimum Gasteiger partial charge on any atom is -0.460 e. The van der Waals surface area contributed by atoms with Crippen molar-refractivity contribution >= 4 is 5.97 Å². The number of carbonyl (C=O) groups excluding carboxylic acids is 1. The number of ether oxygens (including phenoxy) is 1. The van der Waals surface area contributed by atoms with Crippen LogP contribution in [0.25, 0.3) is 0 Å². The van der Waals surface area contributed by atoms with Gasteiger partial charge in [0.1, 0.15) is 5.60 Å². The van der Waals surface area contributed by atoms with E-state index in [0.29, 0.717) is 0 Å². The van der Waals surface area contributed by atoms with Gasteiger partial charge in [-0.3, -0.25) is 4.79 Å². The lowest BCUT2D eigenvalue weighted by atomic mass is 9.83. The van der Waals surface area contributed by atoms with Crippen molar-refractivity contribution in [1.29, 1.82) is 0 Å². The van der Waals surface area contributed by atoms with Crippen LogP contribution in [0.15, 0.2) is 0 Å². The maximum atomic E-state index is 11.8. The Kier molecular flexibility index (Phi) is 4.82. The first-order valence-corrected chi connectivity index (χ1v) is 5.78. The third kappa shape index (κ3) is 7.40. The number of hydrogen-bond donors (Lipinski definition) is 0. The maximum Gasteiger partial charge on any atom is 0.309 e. The van der Waals surface area contributed by atoms with E-state index in [-0.39, 0.29) is 22.9 Å². The summed E-state index contributed by atoms with van der Waals surface area (Å²) in [5, 5.41) is 0. The van der Waals surface area contributed by atoms with Gasteiger partial charge in [-0.1, -0.05) is 27.7 Å². The van der Waals surface area contributed by atoms with Crippen LogP contribution in [0.4, 0.5) is 0 Å². The van der Waals surface area contributed by atoms with Gasteiger partial charge in [-0.25, -0.2) is 0 Å². The Labute approximate surface area is 94.4 Å². The van der Waals surface area contributed by atoms with Crippen LogP contribution in [-0.4, -0.2) is 11.6 Å². The van der Waals surface area contributed by atoms with Crippen molar-refractivity contribution < 1.29 is 9.53 Å². The molecule has 0 aliphatic carbocycles. The molecule has 0 aromatic heterocycles. The number of rotatable bonds is 3. The van der Waals surface area contributed by atoms with Crippen molar-refractivity contribution in [3.05, 3.63) is 0 Å². The number of carbonyl (C=O) groups is 1. The normalized spacial score (nSPS) is 14.9. The van der Waals surface area contributed by atoms with Crippen LogP contribution < -0.4 is 0 Å². The van der Waals surface area contributed by atoms with Gasteiger partial charge in [-0.2, -0.15) is 0 Å². The standard InChI is InChI=1S/C13H26O2/c1-8-10(9-12(2,3)4)11(14)15-13(5,6)7/h10H,8-9H2,1-7H3. The molecule has 2 nitrogen and oxygen atoms in total. The summed E-state index contributed by atoms with van der Waals surface area (Å²) in [5.41, 5.74) is -0.194. The molecule has 0 saturated carbocycles. The van der Waals surface area contributed by atoms with E-state index in [1.165, 1.54) is 0 Å². The second-order valence-electron chi connectivity index (χ2n) is 6.40. The third-order valence-corrected chi connectivity index (χ3v) is 2.09. The van der Waals surface area contributed by atoms with Crippen LogP contribution >= 0.6 is 0 Å². The maximum absolute atomic E-state index is 11.8. The molecule has 0 aliphatic rings. The van der Waals surface area contributed by atoms with Gasteiger partial charge in [-0.15, -0.1) is 0 Å². The van der Waals surface area contributed by atoms with E-state index < -0.39 is 0 Å². The molecule has 0 radical (unpaired) electrons. The van der Waals surface area contributed by atoms with Gasteiger partial charge >= 0.3 is 5.97 Å². The van der Waals surface area contributed by atoms with E-state index >= 15 is 0 Å². The molecule has 0 aromatic carbocycles. The minimum atomic E-state index is -0.373. The number of esters is 1. The highest BCUT2D eigenvalue weighted by Crippen LogP contribution is 2.28. The Balaban J connectivity index is 4.36. The molecule has 0 fully saturated rings. The van der Waals surface area contributed by atoms with Crippen LogP contribution in [0, 0.1) is 11.3 Å². The molecule has 0 bridgehead atoms. The Morgan fingerprint density at radius 1 is 1.13 bits per heavy atom. The van der Waals surface area contributed by atoms with Gasteiger partial charge in [0, 0.05) is 0 Å². The quantitative estimate of drug-likeness (QED) is 0.668. The molecule has 0 aliphatic heterocycles. The van der Waals surface area contributed by atoms with E-state index in [0.717, 1.165) is 12.8 Å². The number of hydrogen-bond acceptors (Lipinski definition) is 2. The molecule has 0 N–H and O–H groups in total. The average molecular weight is 214 g/mol. The molecule has 0 rings (SSSR count). The summed E-state index contributed by atoms with van der Waals surface area (Å²) in [4.78, 5) is 11.8. The van der Waals surface area contributed by atoms with Crippen LogP contribution in [0.2, 0.25) is 0 Å². The summed E-state index contributed by atoms with van der Waals surface area (Å²) in [5.74, 6) is -0.0239. The second-order valence-corrected chi connectivity index (χ2v) is 6.40. The van der Waals surface area contributed by atoms with Gasteiger partial charge in [0.25, 0.3) is 0 Å². The van der Waals surface area contributed by atoms with Gasteiger partial charge in [0.2, 0.25) is 0 Å². The average Bonchev–Trinajstić information content (AvgIpc) is 1.94. The molecule has 0 saturated heterocycles. The molecule has 2 heteroatoms. The zero-order chi connectivity index (χ0) is 12.3. The molecular formula is C13H26O2. The summed E-state index contributed by atoms with van der Waals surface area (Å²) >= 11 is 0. The topological polar surface area (TPSA) is 26.3 Å². The highest BCUT2D eigenvalue weighted by Gasteiger charge is 2.27. The summed E-state index contributed by atoms with van der Waals surface area (Å²) < 4.78 is 5.40. The largest absolute Gasteiger partial charge is 0.460 e. The summed E-state index contributed by atoms with van der Waals surface area (Å²) in [6.07, 6.45) is 1.74. The fourth-order valence-electron chi connectivity index (χ4n) is 1.52. The molecule has 1 atom stereocenters. The van der Waals surface area contributed by atoms with E-state index in [2.05, 4.69) is 20.8 Å². The molecule has 0 heterocycles. The van der Waals surface area contributed by atoms with Crippen molar-refractivity contribution in [3.8, 4) is 0 Å². The van der Waals surface area contributed by atoms with Crippen LogP contribution in [0.3, 0.4) is 0 Å². The fourth-order valence-corrected chi connectivity index (χ4v) is 1.52. The first-order chi connectivity index (χ1) is 6.55. The van der Waals surface area contributed by atoms with Crippen molar-refractivity contribution in [2.45, 2.75) is 66.9 Å². The second kappa shape index (κ2) is 5.00. The van der Waals surface area contributed by atoms with E-state index in [9.17, 15) is 4.79 Å². The lowest BCUT2D eigenvalue weighted by Crippen LogP contribution is -2.30. The predicted octanol–water partition coefficient (Wildman–Crippen LogP) is 3.79. The SMILES string of the molecule is CCC(CC(C)(C)C)C(=O)OC(C)(C)C. The fraction of sp³-hybridized carbons (Fsp3) is 0.923. The van der Waals surface area contributed by atoms with E-state index in [1.54, 1.807) is 0 Å². The van der Waals surface area contributed by atoms with Gasteiger partial charge in [-0.05, 0) is 39.0 Å². The van der Waals surface area contributed by atoms with Crippen LogP contribution in [0.1, 0.15) is 61.3 Å². The first kappa shape index (κ1) is 14.5. The monoisotopic (exact) mass is 214 g/mol. The van der Waals surface area contributed by atoms with E-state index in [1.807, 2.05) is 27.7 Å². The summed E-state index contributed by atoms with van der Waals surface area (Å²) in [6.45, 7) is 14.2. The lowest BCUT2D eigenvalue weighted by molar-refractivity contribution is -0.161. The summed E-state index contributed by atoms with van der Waals surface area (Å²) in [6, 6.07) is 0. The predicted molar refractivity (Wildman–Crippen MR) is 63.7 cm³/mol. The minimum absolute atomic E-state index is 0.0317. The Bertz CT molecular complexity index is 206. The molecule has 0 amide bonds. The van der Waals surface area contributed by atoms with Crippen molar-refractivity contribution in [1.82, 2.24) is 0 Å². The van der Waals surface area contributed by atoms with Crippen molar-refractivity contribution in [3.63, 3.8) is 0 Å². The van der Waals surface area contributed by atoms with Gasteiger partial charge < -0.3 is 4.74 Å². The molecule has 1 unspecified atom stereocenters. The third-order valence-electron chi connectivity index (χ3n) is 2.09. The highest BCUT2D eigenvalue weighted by molar-refractivity contribution is 5.72.